The van der Waals surface area contributed by atoms with Gasteiger partial charge in [-0.2, -0.15) is 10.4 Å². The maximum absolute atomic E-state index is 13.5. The minimum Gasteiger partial charge on any atom is -0.322 e. The van der Waals surface area contributed by atoms with Gasteiger partial charge in [0.05, 0.1) is 5.52 Å². The number of hydrogen-bond donors (Lipinski definition) is 2. The third-order valence-electron chi connectivity index (χ3n) is 3.65. The van der Waals surface area contributed by atoms with E-state index in [-0.39, 0.29) is 11.7 Å². The van der Waals surface area contributed by atoms with Gasteiger partial charge in [0.25, 0.3) is 0 Å². The molecule has 3 aromatic rings. The van der Waals surface area contributed by atoms with Crippen molar-refractivity contribution in [1.82, 2.24) is 10.2 Å². The number of aromatic amines is 1. The summed E-state index contributed by atoms with van der Waals surface area (Å²) in [6, 6.07) is 11.9. The third-order valence-corrected chi connectivity index (χ3v) is 3.65. The molecular weight excluding hydrogens is 307 g/mol. The summed E-state index contributed by atoms with van der Waals surface area (Å²) in [5.41, 5.74) is 2.66. The number of benzene rings is 2. The number of nitrogens with zero attached hydrogens (tertiary/aromatic N) is 2. The molecule has 24 heavy (non-hydrogen) atoms. The quantitative estimate of drug-likeness (QED) is 0.724. The molecule has 6 heteroatoms. The Morgan fingerprint density at radius 3 is 3.00 bits per heavy atom. The largest absolute Gasteiger partial charge is 0.322 e. The Morgan fingerprint density at radius 1 is 1.38 bits per heavy atom. The number of rotatable bonds is 3. The number of aromatic nitrogens is 2. The lowest BCUT2D eigenvalue weighted by Crippen LogP contribution is -2.09. The van der Waals surface area contributed by atoms with Gasteiger partial charge in [-0.25, -0.2) is 4.39 Å². The van der Waals surface area contributed by atoms with Gasteiger partial charge in [-0.05, 0) is 42.8 Å². The van der Waals surface area contributed by atoms with Crippen molar-refractivity contribution in [3.8, 4) is 6.07 Å². The predicted octanol–water partition coefficient (Wildman–Crippen LogP) is 3.53. The van der Waals surface area contributed by atoms with Gasteiger partial charge in [0, 0.05) is 22.7 Å². The Labute approximate surface area is 137 Å². The van der Waals surface area contributed by atoms with E-state index >= 15 is 0 Å². The molecule has 0 aliphatic rings. The van der Waals surface area contributed by atoms with Crippen LogP contribution in [-0.2, 0) is 4.79 Å². The first kappa shape index (κ1) is 15.4. The average Bonchev–Trinajstić information content (AvgIpc) is 2.99. The van der Waals surface area contributed by atoms with Crippen LogP contribution in [0.15, 0.2) is 42.5 Å². The van der Waals surface area contributed by atoms with Crippen LogP contribution in [-0.4, -0.2) is 16.1 Å². The first-order valence-electron chi connectivity index (χ1n) is 7.21. The van der Waals surface area contributed by atoms with Crippen LogP contribution < -0.4 is 5.32 Å². The smallest absolute Gasteiger partial charge is 0.248 e. The number of carbonyl (C=O) groups excluding carboxylic acids is 1. The molecule has 3 rings (SSSR count). The second-order valence-electron chi connectivity index (χ2n) is 5.22. The van der Waals surface area contributed by atoms with Gasteiger partial charge >= 0.3 is 0 Å². The number of nitriles is 1. The summed E-state index contributed by atoms with van der Waals surface area (Å²) in [7, 11) is 0. The van der Waals surface area contributed by atoms with Crippen LogP contribution in [0.2, 0.25) is 0 Å². The van der Waals surface area contributed by atoms with E-state index in [2.05, 4.69) is 15.5 Å². The summed E-state index contributed by atoms with van der Waals surface area (Å²) in [4.78, 5) is 12.0. The Hall–Kier alpha value is -3.46. The van der Waals surface area contributed by atoms with Crippen LogP contribution in [0, 0.1) is 24.1 Å². The second kappa shape index (κ2) is 6.34. The number of fused-ring (bicyclic) bond motifs is 1. The monoisotopic (exact) mass is 320 g/mol. The highest BCUT2D eigenvalue weighted by molar-refractivity contribution is 6.02. The molecule has 0 spiro atoms. The topological polar surface area (TPSA) is 81.6 Å². The van der Waals surface area contributed by atoms with Crippen molar-refractivity contribution < 1.29 is 9.18 Å². The highest BCUT2D eigenvalue weighted by Gasteiger charge is 2.06. The molecule has 0 bridgehead atoms. The second-order valence-corrected chi connectivity index (χ2v) is 5.22. The SMILES string of the molecule is Cc1c(F)cccc1NC(=O)/C=C/c1ccc2c(C#N)n[nH]c2c1. The third kappa shape index (κ3) is 3.01. The number of halogens is 1. The number of carbonyl (C=O) groups is 1. The van der Waals surface area contributed by atoms with Gasteiger partial charge in [0.1, 0.15) is 11.9 Å². The van der Waals surface area contributed by atoms with Crippen molar-refractivity contribution in [1.29, 1.82) is 5.26 Å². The van der Waals surface area contributed by atoms with Gasteiger partial charge in [0.2, 0.25) is 5.91 Å². The van der Waals surface area contributed by atoms with E-state index in [0.29, 0.717) is 16.9 Å². The van der Waals surface area contributed by atoms with Crippen molar-refractivity contribution in [2.75, 3.05) is 5.32 Å². The Morgan fingerprint density at radius 2 is 2.21 bits per heavy atom. The highest BCUT2D eigenvalue weighted by atomic mass is 19.1. The molecule has 5 nitrogen and oxygen atoms in total. The maximum atomic E-state index is 13.5. The fourth-order valence-electron chi connectivity index (χ4n) is 2.32. The minimum absolute atomic E-state index is 0.333. The first-order chi connectivity index (χ1) is 11.6. The summed E-state index contributed by atoms with van der Waals surface area (Å²) in [6.45, 7) is 1.60. The van der Waals surface area contributed by atoms with Gasteiger partial charge in [-0.15, -0.1) is 0 Å². The number of hydrogen-bond acceptors (Lipinski definition) is 3. The maximum Gasteiger partial charge on any atom is 0.248 e. The zero-order chi connectivity index (χ0) is 17.1. The standard InChI is InChI=1S/C18H13FN4O/c1-11-14(19)3-2-4-15(11)21-18(24)8-6-12-5-7-13-16(9-12)22-23-17(13)10-20/h2-9H,1H3,(H,21,24)(H,22,23)/b8-6+. The molecule has 0 unspecified atom stereocenters. The summed E-state index contributed by atoms with van der Waals surface area (Å²) in [5.74, 6) is -0.721. The molecule has 0 radical (unpaired) electrons. The summed E-state index contributed by atoms with van der Waals surface area (Å²) in [5, 5.41) is 19.0. The fourth-order valence-corrected chi connectivity index (χ4v) is 2.32. The van der Waals surface area contributed by atoms with Gasteiger partial charge in [-0.3, -0.25) is 9.89 Å². The van der Waals surface area contributed by atoms with Crippen molar-refractivity contribution in [3.05, 3.63) is 65.1 Å². The van der Waals surface area contributed by atoms with E-state index in [1.165, 1.54) is 12.1 Å². The lowest BCUT2D eigenvalue weighted by molar-refractivity contribution is -0.111. The van der Waals surface area contributed by atoms with Crippen LogP contribution in [0.25, 0.3) is 17.0 Å². The zero-order valence-electron chi connectivity index (χ0n) is 12.8. The van der Waals surface area contributed by atoms with Crippen LogP contribution >= 0.6 is 0 Å². The number of H-pyrrole nitrogens is 1. The van der Waals surface area contributed by atoms with E-state index in [9.17, 15) is 9.18 Å². The molecule has 0 saturated heterocycles. The molecular formula is C18H13FN4O. The molecule has 118 valence electrons. The lowest BCUT2D eigenvalue weighted by Gasteiger charge is -2.06. The average molecular weight is 320 g/mol. The van der Waals surface area contributed by atoms with Crippen LogP contribution in [0.1, 0.15) is 16.8 Å². The molecule has 0 atom stereocenters. The molecule has 1 aromatic heterocycles. The van der Waals surface area contributed by atoms with Gasteiger partial charge < -0.3 is 5.32 Å². The summed E-state index contributed by atoms with van der Waals surface area (Å²) < 4.78 is 13.5. The van der Waals surface area contributed by atoms with Crippen LogP contribution in [0.4, 0.5) is 10.1 Å². The number of amides is 1. The van der Waals surface area contributed by atoms with Crippen molar-refractivity contribution >= 4 is 28.6 Å². The van der Waals surface area contributed by atoms with Gasteiger partial charge in [-0.1, -0.05) is 12.1 Å². The molecule has 0 aliphatic carbocycles. The number of nitrogens with one attached hydrogen (secondary N) is 2. The van der Waals surface area contributed by atoms with E-state index in [1.807, 2.05) is 6.07 Å². The van der Waals surface area contributed by atoms with Crippen molar-refractivity contribution in [3.63, 3.8) is 0 Å². The molecule has 0 aliphatic heterocycles. The molecule has 0 saturated carbocycles. The molecule has 1 amide bonds. The predicted molar refractivity (Wildman–Crippen MR) is 89.6 cm³/mol. The van der Waals surface area contributed by atoms with E-state index in [1.54, 1.807) is 43.3 Å². The fraction of sp³-hybridized carbons (Fsp3) is 0.0556. The summed E-state index contributed by atoms with van der Waals surface area (Å²) in [6.07, 6.45) is 3.00. The summed E-state index contributed by atoms with van der Waals surface area (Å²) >= 11 is 0. The van der Waals surface area contributed by atoms with Crippen LogP contribution in [0.5, 0.6) is 0 Å². The molecule has 1 heterocycles. The van der Waals surface area contributed by atoms with E-state index in [4.69, 9.17) is 5.26 Å². The minimum atomic E-state index is -0.366. The first-order valence-corrected chi connectivity index (χ1v) is 7.21. The molecule has 2 N–H and O–H groups in total. The van der Waals surface area contributed by atoms with E-state index in [0.717, 1.165) is 16.5 Å². The van der Waals surface area contributed by atoms with Crippen LogP contribution in [0.3, 0.4) is 0 Å². The zero-order valence-corrected chi connectivity index (χ0v) is 12.8. The van der Waals surface area contributed by atoms with Crippen molar-refractivity contribution in [2.24, 2.45) is 0 Å². The van der Waals surface area contributed by atoms with E-state index < -0.39 is 0 Å². The highest BCUT2D eigenvalue weighted by Crippen LogP contribution is 2.19. The number of anilines is 1. The Balaban J connectivity index is 1.77. The molecule has 0 fully saturated rings. The normalized spacial score (nSPS) is 10.9. The Kier molecular flexibility index (Phi) is 4.08. The molecule has 2 aromatic carbocycles. The lowest BCUT2D eigenvalue weighted by atomic mass is 10.1. The van der Waals surface area contributed by atoms with Crippen molar-refractivity contribution in [2.45, 2.75) is 6.92 Å². The van der Waals surface area contributed by atoms with Gasteiger partial charge in [0.15, 0.2) is 5.69 Å². The Bertz CT molecular complexity index is 998.